The van der Waals surface area contributed by atoms with Crippen molar-refractivity contribution in [3.63, 3.8) is 0 Å². The second-order valence-electron chi connectivity index (χ2n) is 27.2. The highest BCUT2D eigenvalue weighted by Gasteiger charge is 2.49. The smallest absolute Gasteiger partial charge is 0.297 e. The second-order valence-corrected chi connectivity index (χ2v) is 27.2. The van der Waals surface area contributed by atoms with Crippen LogP contribution in [0.3, 0.4) is 0 Å². The molecule has 2 aliphatic carbocycles. The zero-order valence-electron chi connectivity index (χ0n) is 46.4. The average molecular weight is 959 g/mol. The summed E-state index contributed by atoms with van der Waals surface area (Å²) in [6.07, 6.45) is 4.61. The summed E-state index contributed by atoms with van der Waals surface area (Å²) < 4.78 is 7.59. The van der Waals surface area contributed by atoms with Gasteiger partial charge in [-0.15, -0.1) is 0 Å². The minimum atomic E-state index is -0.156. The predicted octanol–water partition coefficient (Wildman–Crippen LogP) is 17.5. The average Bonchev–Trinajstić information content (AvgIpc) is 3.72. The van der Waals surface area contributed by atoms with Crippen molar-refractivity contribution in [3.05, 3.63) is 172 Å². The molecule has 0 bridgehead atoms. The van der Waals surface area contributed by atoms with Gasteiger partial charge in [0.2, 0.25) is 0 Å². The molecule has 370 valence electrons. The first kappa shape index (κ1) is 47.7. The molecule has 0 N–H and O–H groups in total. The Balaban J connectivity index is 1.22. The zero-order valence-corrected chi connectivity index (χ0v) is 46.4. The zero-order chi connectivity index (χ0) is 51.5. The van der Waals surface area contributed by atoms with Gasteiger partial charge in [-0.3, -0.25) is 0 Å². The number of anilines is 6. The third-order valence-corrected chi connectivity index (χ3v) is 18.1. The standard InChI is InChI=1S/C69H75BN2O/c1-42-35-58-61-59(36-42)72(57-41-54-53(68(12,13)33-34-69(54,14)15)40-50(57)48-24-20-19-23-47(48)43-21-17-16-18-22-43)56-30-26-44(64(2,3)4)37-55(56)70(61)63-62(49-28-25-45(65(5,6)7)38-60(49)73-63)71(58)46-27-29-51-52(39-46)67(10,11)32-31-66(51,8)9/h16-30,35-41H,31-34H2,1-15H3. The molecule has 1 aromatic heterocycles. The van der Waals surface area contributed by atoms with Crippen molar-refractivity contribution < 1.29 is 4.42 Å². The summed E-state index contributed by atoms with van der Waals surface area (Å²) in [5, 5.41) is 1.16. The lowest BCUT2D eigenvalue weighted by Crippen LogP contribution is -2.61. The van der Waals surface area contributed by atoms with E-state index in [1.807, 2.05) is 0 Å². The van der Waals surface area contributed by atoms with Crippen molar-refractivity contribution in [2.24, 2.45) is 0 Å². The molecular weight excluding hydrogens is 884 g/mol. The molecule has 0 saturated carbocycles. The molecule has 3 heterocycles. The topological polar surface area (TPSA) is 19.6 Å². The van der Waals surface area contributed by atoms with Gasteiger partial charge in [0.25, 0.3) is 6.71 Å². The van der Waals surface area contributed by atoms with Gasteiger partial charge in [-0.05, 0) is 186 Å². The van der Waals surface area contributed by atoms with Gasteiger partial charge in [0.05, 0.1) is 17.0 Å². The van der Waals surface area contributed by atoms with Gasteiger partial charge in [0.15, 0.2) is 0 Å². The summed E-state index contributed by atoms with van der Waals surface area (Å²) >= 11 is 0. The van der Waals surface area contributed by atoms with E-state index in [2.05, 4.69) is 247 Å². The Kier molecular flexibility index (Phi) is 10.4. The summed E-state index contributed by atoms with van der Waals surface area (Å²) in [7, 11) is 0. The second kappa shape index (κ2) is 15.9. The van der Waals surface area contributed by atoms with Crippen molar-refractivity contribution in [2.75, 3.05) is 9.80 Å². The molecule has 4 heteroatoms. The van der Waals surface area contributed by atoms with Crippen LogP contribution in [0.5, 0.6) is 0 Å². The maximum Gasteiger partial charge on any atom is 0.297 e. The number of hydrogen-bond donors (Lipinski definition) is 0. The highest BCUT2D eigenvalue weighted by molar-refractivity contribution is 7.00. The minimum Gasteiger partial charge on any atom is -0.468 e. The van der Waals surface area contributed by atoms with Gasteiger partial charge in [-0.1, -0.05) is 176 Å². The molecule has 7 aromatic carbocycles. The van der Waals surface area contributed by atoms with Crippen molar-refractivity contribution in [3.8, 4) is 22.3 Å². The summed E-state index contributed by atoms with van der Waals surface area (Å²) in [5.74, 6) is 0. The Hall–Kier alpha value is -6.26. The molecule has 73 heavy (non-hydrogen) atoms. The Labute approximate surface area is 437 Å². The molecule has 0 spiro atoms. The molecule has 0 atom stereocenters. The predicted molar refractivity (Wildman–Crippen MR) is 314 cm³/mol. The van der Waals surface area contributed by atoms with Crippen LogP contribution in [-0.4, -0.2) is 6.71 Å². The molecule has 0 amide bonds. The number of fused-ring (bicyclic) bond motifs is 8. The monoisotopic (exact) mass is 959 g/mol. The molecule has 0 fully saturated rings. The number of rotatable bonds is 4. The third kappa shape index (κ3) is 7.42. The normalized spacial score (nSPS) is 17.9. The van der Waals surface area contributed by atoms with E-state index in [4.69, 9.17) is 4.42 Å². The molecule has 4 aliphatic rings. The highest BCUT2D eigenvalue weighted by Crippen LogP contribution is 2.55. The summed E-state index contributed by atoms with van der Waals surface area (Å²) in [5.41, 5.74) is 26.4. The third-order valence-electron chi connectivity index (χ3n) is 18.1. The first-order valence-corrected chi connectivity index (χ1v) is 27.3. The fourth-order valence-electron chi connectivity index (χ4n) is 13.4. The van der Waals surface area contributed by atoms with E-state index in [9.17, 15) is 0 Å². The van der Waals surface area contributed by atoms with E-state index in [-0.39, 0.29) is 39.2 Å². The van der Waals surface area contributed by atoms with Gasteiger partial charge in [0.1, 0.15) is 5.58 Å². The fourth-order valence-corrected chi connectivity index (χ4v) is 13.4. The van der Waals surface area contributed by atoms with Crippen LogP contribution in [0.4, 0.5) is 34.1 Å². The SMILES string of the molecule is Cc1cc2c3c(c1)N(c1ccc4c(c1)C(C)(C)CCC4(C)C)c1c(oc4cc(C(C)(C)C)ccc14)B3c1cc(C(C)(C)C)ccc1N2c1cc2c(cc1-c1ccccc1-c1ccccc1)C(C)(C)CCC2(C)C. The lowest BCUT2D eigenvalue weighted by Gasteiger charge is -2.46. The van der Waals surface area contributed by atoms with E-state index in [0.717, 1.165) is 41.6 Å². The number of aryl methyl sites for hydroxylation is 1. The highest BCUT2D eigenvalue weighted by atomic mass is 16.3. The Morgan fingerprint density at radius 1 is 0.466 bits per heavy atom. The van der Waals surface area contributed by atoms with E-state index in [0.29, 0.717) is 0 Å². The van der Waals surface area contributed by atoms with Crippen LogP contribution >= 0.6 is 0 Å². The lowest BCUT2D eigenvalue weighted by atomic mass is 9.35. The van der Waals surface area contributed by atoms with Gasteiger partial charge in [-0.2, -0.15) is 0 Å². The van der Waals surface area contributed by atoms with E-state index < -0.39 is 0 Å². The summed E-state index contributed by atoms with van der Waals surface area (Å²) in [4.78, 5) is 5.29. The van der Waals surface area contributed by atoms with Crippen molar-refractivity contribution >= 4 is 68.4 Å². The maximum absolute atomic E-state index is 7.59. The number of furan rings is 1. The van der Waals surface area contributed by atoms with Crippen LogP contribution in [-0.2, 0) is 32.5 Å². The van der Waals surface area contributed by atoms with Gasteiger partial charge in [0, 0.05) is 33.7 Å². The maximum atomic E-state index is 7.59. The quantitative estimate of drug-likeness (QED) is 0.164. The minimum absolute atomic E-state index is 0.0124. The van der Waals surface area contributed by atoms with E-state index in [1.165, 1.54) is 107 Å². The molecule has 8 aromatic rings. The lowest BCUT2D eigenvalue weighted by molar-refractivity contribution is 0.332. The first-order valence-electron chi connectivity index (χ1n) is 27.3. The van der Waals surface area contributed by atoms with Gasteiger partial charge >= 0.3 is 0 Å². The van der Waals surface area contributed by atoms with Crippen LogP contribution in [0.2, 0.25) is 0 Å². The van der Waals surface area contributed by atoms with E-state index in [1.54, 1.807) is 0 Å². The Morgan fingerprint density at radius 3 is 1.66 bits per heavy atom. The Morgan fingerprint density at radius 2 is 1.01 bits per heavy atom. The number of hydrogen-bond acceptors (Lipinski definition) is 3. The van der Waals surface area contributed by atoms with Crippen LogP contribution in [0.1, 0.15) is 162 Å². The van der Waals surface area contributed by atoms with Crippen LogP contribution < -0.4 is 26.4 Å². The van der Waals surface area contributed by atoms with Crippen molar-refractivity contribution in [1.29, 1.82) is 0 Å². The molecule has 3 nitrogen and oxygen atoms in total. The summed E-state index contributed by atoms with van der Waals surface area (Å²) in [6, 6.07) is 52.2. The van der Waals surface area contributed by atoms with E-state index >= 15 is 0 Å². The Bertz CT molecular complexity index is 3570. The van der Waals surface area contributed by atoms with Gasteiger partial charge in [-0.25, -0.2) is 0 Å². The van der Waals surface area contributed by atoms with Crippen molar-refractivity contribution in [1.82, 2.24) is 0 Å². The van der Waals surface area contributed by atoms with Crippen LogP contribution in [0.25, 0.3) is 33.2 Å². The first-order chi connectivity index (χ1) is 34.3. The molecular formula is C69H75BN2O. The summed E-state index contributed by atoms with van der Waals surface area (Å²) in [6.45, 7) is 35.8. The molecule has 0 unspecified atom stereocenters. The molecule has 0 saturated heterocycles. The largest absolute Gasteiger partial charge is 0.468 e. The van der Waals surface area contributed by atoms with Crippen LogP contribution in [0, 0.1) is 6.92 Å². The molecule has 2 aliphatic heterocycles. The number of benzene rings is 7. The molecule has 12 rings (SSSR count). The molecule has 0 radical (unpaired) electrons. The van der Waals surface area contributed by atoms with Crippen molar-refractivity contribution in [2.45, 2.75) is 162 Å². The fraction of sp³-hybridized carbons (Fsp3) is 0.362. The number of nitrogens with zero attached hydrogens (tertiary/aromatic N) is 2. The van der Waals surface area contributed by atoms with Crippen LogP contribution in [0.15, 0.2) is 138 Å². The van der Waals surface area contributed by atoms with Gasteiger partial charge < -0.3 is 14.2 Å².